The lowest BCUT2D eigenvalue weighted by atomic mass is 9.96. The molecule has 0 bridgehead atoms. The number of aromatic hydroxyl groups is 1. The molecule has 0 radical (unpaired) electrons. The van der Waals surface area contributed by atoms with Crippen molar-refractivity contribution in [3.8, 4) is 17.2 Å². The number of fused-ring (bicyclic) bond motifs is 1. The van der Waals surface area contributed by atoms with Crippen molar-refractivity contribution in [1.82, 2.24) is 10.3 Å². The maximum atomic E-state index is 12.0. The van der Waals surface area contributed by atoms with Crippen LogP contribution < -0.4 is 10.6 Å². The van der Waals surface area contributed by atoms with Crippen molar-refractivity contribution in [2.45, 2.75) is 27.7 Å². The summed E-state index contributed by atoms with van der Waals surface area (Å²) in [5, 5.41) is 16.1. The number of carbonyl (C=O) groups is 1. The molecule has 27 heavy (non-hydrogen) atoms. The van der Waals surface area contributed by atoms with Gasteiger partial charge in [-0.05, 0) is 49.0 Å². The first-order valence-electron chi connectivity index (χ1n) is 8.46. The molecule has 7 heteroatoms. The van der Waals surface area contributed by atoms with Gasteiger partial charge in [-0.15, -0.1) is 0 Å². The van der Waals surface area contributed by atoms with Crippen molar-refractivity contribution in [3.05, 3.63) is 42.0 Å². The van der Waals surface area contributed by atoms with Gasteiger partial charge in [0.2, 0.25) is 11.8 Å². The second kappa shape index (κ2) is 7.00. The number of carbonyl (C=O) groups excluding carboxylic acids is 1. The van der Waals surface area contributed by atoms with E-state index in [0.29, 0.717) is 22.7 Å². The average molecular weight is 383 g/mol. The van der Waals surface area contributed by atoms with Crippen molar-refractivity contribution < 1.29 is 14.3 Å². The SMILES string of the molecule is Cc1ccc2oc(-c3ccc(NC(=S)NC(=O)C(C)(C)C)cc3O)nc2c1. The van der Waals surface area contributed by atoms with Crippen LogP contribution in [0.5, 0.6) is 5.75 Å². The number of hydrogen-bond donors (Lipinski definition) is 3. The molecule has 0 saturated heterocycles. The van der Waals surface area contributed by atoms with Crippen LogP contribution in [0.4, 0.5) is 5.69 Å². The summed E-state index contributed by atoms with van der Waals surface area (Å²) in [5.41, 5.74) is 2.93. The molecule has 0 spiro atoms. The molecular formula is C20H21N3O3S. The third-order valence-electron chi connectivity index (χ3n) is 3.94. The minimum absolute atomic E-state index is 0.00627. The minimum atomic E-state index is -0.553. The molecule has 0 unspecified atom stereocenters. The Labute approximate surface area is 162 Å². The number of phenols is 1. The summed E-state index contributed by atoms with van der Waals surface area (Å²) < 4.78 is 5.73. The highest BCUT2D eigenvalue weighted by Crippen LogP contribution is 2.33. The molecule has 140 valence electrons. The van der Waals surface area contributed by atoms with E-state index < -0.39 is 5.41 Å². The predicted octanol–water partition coefficient (Wildman–Crippen LogP) is 4.37. The summed E-state index contributed by atoms with van der Waals surface area (Å²) in [7, 11) is 0. The van der Waals surface area contributed by atoms with Gasteiger partial charge in [0.25, 0.3) is 0 Å². The summed E-state index contributed by atoms with van der Waals surface area (Å²) in [6.07, 6.45) is 0. The van der Waals surface area contributed by atoms with Gasteiger partial charge >= 0.3 is 0 Å². The highest BCUT2D eigenvalue weighted by Gasteiger charge is 2.22. The second-order valence-electron chi connectivity index (χ2n) is 7.38. The molecule has 0 aliphatic heterocycles. The van der Waals surface area contributed by atoms with E-state index in [2.05, 4.69) is 15.6 Å². The van der Waals surface area contributed by atoms with E-state index in [1.54, 1.807) is 32.9 Å². The van der Waals surface area contributed by atoms with Gasteiger partial charge in [-0.25, -0.2) is 4.98 Å². The number of hydrogen-bond acceptors (Lipinski definition) is 5. The average Bonchev–Trinajstić information content (AvgIpc) is 2.96. The fraction of sp³-hybridized carbons (Fsp3) is 0.250. The van der Waals surface area contributed by atoms with E-state index >= 15 is 0 Å². The van der Waals surface area contributed by atoms with Gasteiger partial charge in [-0.2, -0.15) is 0 Å². The summed E-state index contributed by atoms with van der Waals surface area (Å²) in [6.45, 7) is 7.38. The van der Waals surface area contributed by atoms with E-state index in [1.165, 1.54) is 6.07 Å². The van der Waals surface area contributed by atoms with Crippen molar-refractivity contribution in [2.75, 3.05) is 5.32 Å². The molecule has 0 aliphatic carbocycles. The third kappa shape index (κ3) is 4.25. The molecule has 2 aromatic carbocycles. The number of nitrogens with one attached hydrogen (secondary N) is 2. The smallest absolute Gasteiger partial charge is 0.231 e. The van der Waals surface area contributed by atoms with Crippen LogP contribution in [0.2, 0.25) is 0 Å². The summed E-state index contributed by atoms with van der Waals surface area (Å²) in [4.78, 5) is 16.4. The fourth-order valence-corrected chi connectivity index (χ4v) is 2.61. The molecular weight excluding hydrogens is 362 g/mol. The Hall–Kier alpha value is -2.93. The number of benzene rings is 2. The number of aryl methyl sites for hydroxylation is 1. The Morgan fingerprint density at radius 2 is 1.93 bits per heavy atom. The highest BCUT2D eigenvalue weighted by atomic mass is 32.1. The zero-order valence-electron chi connectivity index (χ0n) is 15.6. The molecule has 3 aromatic rings. The van der Waals surface area contributed by atoms with Crippen molar-refractivity contribution >= 4 is 40.0 Å². The van der Waals surface area contributed by atoms with Gasteiger partial charge in [-0.1, -0.05) is 26.8 Å². The Balaban J connectivity index is 1.79. The predicted molar refractivity (Wildman–Crippen MR) is 110 cm³/mol. The maximum absolute atomic E-state index is 12.0. The first kappa shape index (κ1) is 18.8. The van der Waals surface area contributed by atoms with Gasteiger partial charge in [-0.3, -0.25) is 4.79 Å². The number of aromatic nitrogens is 1. The number of amides is 1. The normalized spacial score (nSPS) is 11.4. The lowest BCUT2D eigenvalue weighted by molar-refractivity contribution is -0.126. The molecule has 1 heterocycles. The van der Waals surface area contributed by atoms with Gasteiger partial charge < -0.3 is 20.2 Å². The van der Waals surface area contributed by atoms with Crippen LogP contribution in [0.1, 0.15) is 26.3 Å². The number of nitrogens with zero attached hydrogens (tertiary/aromatic N) is 1. The first-order valence-corrected chi connectivity index (χ1v) is 8.87. The van der Waals surface area contributed by atoms with Crippen LogP contribution in [0.15, 0.2) is 40.8 Å². The highest BCUT2D eigenvalue weighted by molar-refractivity contribution is 7.80. The number of phenolic OH excluding ortho intramolecular Hbond substituents is 1. The molecule has 1 aromatic heterocycles. The molecule has 6 nitrogen and oxygen atoms in total. The molecule has 0 atom stereocenters. The molecule has 1 amide bonds. The van der Waals surface area contributed by atoms with E-state index in [4.69, 9.17) is 16.6 Å². The van der Waals surface area contributed by atoms with Gasteiger partial charge in [0, 0.05) is 17.2 Å². The standard InChI is InChI=1S/C20H21N3O3S/c1-11-5-8-16-14(9-11)22-17(26-16)13-7-6-12(10-15(13)24)21-19(27)23-18(25)20(2,3)4/h5-10,24H,1-4H3,(H2,21,23,25,27). The van der Waals surface area contributed by atoms with E-state index in [9.17, 15) is 9.90 Å². The van der Waals surface area contributed by atoms with Crippen molar-refractivity contribution in [1.29, 1.82) is 0 Å². The Kier molecular flexibility index (Phi) is 4.89. The largest absolute Gasteiger partial charge is 0.507 e. The molecule has 0 saturated carbocycles. The van der Waals surface area contributed by atoms with E-state index in [1.807, 2.05) is 25.1 Å². The van der Waals surface area contributed by atoms with Crippen LogP contribution in [0.3, 0.4) is 0 Å². The maximum Gasteiger partial charge on any atom is 0.231 e. The summed E-state index contributed by atoms with van der Waals surface area (Å²) in [5.74, 6) is 0.138. The molecule has 3 rings (SSSR count). The van der Waals surface area contributed by atoms with Crippen molar-refractivity contribution in [2.24, 2.45) is 5.41 Å². The van der Waals surface area contributed by atoms with Crippen LogP contribution >= 0.6 is 12.2 Å². The van der Waals surface area contributed by atoms with Crippen LogP contribution in [-0.4, -0.2) is 21.1 Å². The summed E-state index contributed by atoms with van der Waals surface area (Å²) >= 11 is 5.15. The van der Waals surface area contributed by atoms with Gasteiger partial charge in [0.15, 0.2) is 10.7 Å². The Morgan fingerprint density at radius 1 is 1.19 bits per heavy atom. The Morgan fingerprint density at radius 3 is 2.59 bits per heavy atom. The van der Waals surface area contributed by atoms with Gasteiger partial charge in [0.05, 0.1) is 5.56 Å². The first-order chi connectivity index (χ1) is 12.6. The number of thiocarbonyl (C=S) groups is 1. The number of anilines is 1. The quantitative estimate of drug-likeness (QED) is 0.570. The molecule has 0 aliphatic rings. The minimum Gasteiger partial charge on any atom is -0.507 e. The van der Waals surface area contributed by atoms with Crippen LogP contribution in [-0.2, 0) is 4.79 Å². The van der Waals surface area contributed by atoms with Crippen molar-refractivity contribution in [3.63, 3.8) is 0 Å². The van der Waals surface area contributed by atoms with Gasteiger partial charge in [0.1, 0.15) is 11.3 Å². The Bertz CT molecular complexity index is 1030. The topological polar surface area (TPSA) is 87.4 Å². The third-order valence-corrected chi connectivity index (χ3v) is 4.14. The van der Waals surface area contributed by atoms with E-state index in [0.717, 1.165) is 11.1 Å². The zero-order valence-corrected chi connectivity index (χ0v) is 16.4. The monoisotopic (exact) mass is 383 g/mol. The fourth-order valence-electron chi connectivity index (χ4n) is 2.40. The summed E-state index contributed by atoms with van der Waals surface area (Å²) in [6, 6.07) is 10.6. The molecule has 0 fully saturated rings. The van der Waals surface area contributed by atoms with E-state index in [-0.39, 0.29) is 16.8 Å². The van der Waals surface area contributed by atoms with Crippen LogP contribution in [0, 0.1) is 12.3 Å². The molecule has 3 N–H and O–H groups in total. The number of oxazole rings is 1. The zero-order chi connectivity index (χ0) is 19.8. The van der Waals surface area contributed by atoms with Crippen LogP contribution in [0.25, 0.3) is 22.6 Å². The second-order valence-corrected chi connectivity index (χ2v) is 7.79. The number of rotatable bonds is 2. The lowest BCUT2D eigenvalue weighted by Crippen LogP contribution is -2.41. The lowest BCUT2D eigenvalue weighted by Gasteiger charge is -2.18.